The molecule has 3 rings (SSSR count). The number of hydrogen-bond donors (Lipinski definition) is 1. The molecule has 0 radical (unpaired) electrons. The number of fused-ring (bicyclic) bond motifs is 2. The lowest BCUT2D eigenvalue weighted by atomic mass is 9.61. The van der Waals surface area contributed by atoms with Gasteiger partial charge in [-0.15, -0.1) is 0 Å². The molecule has 2 bridgehead atoms. The van der Waals surface area contributed by atoms with E-state index in [0.29, 0.717) is 24.9 Å². The minimum Gasteiger partial charge on any atom is -0.385 e. The zero-order valence-corrected chi connectivity index (χ0v) is 14.4. The molecule has 5 heteroatoms. The van der Waals surface area contributed by atoms with Crippen LogP contribution in [0.15, 0.2) is 0 Å². The summed E-state index contributed by atoms with van der Waals surface area (Å²) in [7, 11) is 1.65. The Bertz CT molecular complexity index is 410. The summed E-state index contributed by atoms with van der Waals surface area (Å²) in [6.45, 7) is 8.32. The Labute approximate surface area is 133 Å². The molecule has 0 aromatic rings. The van der Waals surface area contributed by atoms with Gasteiger partial charge >= 0.3 is 0 Å². The van der Waals surface area contributed by atoms with Gasteiger partial charge in [-0.25, -0.2) is 0 Å². The standard InChI is InChI=1S/C17H30N2O3/c1-5-17(2,3)18-16(21)15-12-9-13(15)11-19(10-12)14(20)7-6-8-22-4/h12-13,15H,5-11H2,1-4H3,(H,18,21). The number of piperidine rings is 2. The highest BCUT2D eigenvalue weighted by atomic mass is 16.5. The van der Waals surface area contributed by atoms with Crippen molar-refractivity contribution in [1.82, 2.24) is 10.2 Å². The molecule has 1 N–H and O–H groups in total. The van der Waals surface area contributed by atoms with Crippen molar-refractivity contribution in [2.45, 2.75) is 52.0 Å². The predicted octanol–water partition coefficient (Wildman–Crippen LogP) is 1.81. The van der Waals surface area contributed by atoms with E-state index in [2.05, 4.69) is 26.1 Å². The van der Waals surface area contributed by atoms with E-state index in [1.807, 2.05) is 4.90 Å². The summed E-state index contributed by atoms with van der Waals surface area (Å²) in [5.74, 6) is 1.18. The van der Waals surface area contributed by atoms with Gasteiger partial charge in [0.25, 0.3) is 0 Å². The maximum atomic E-state index is 12.5. The number of carbonyl (C=O) groups is 2. The van der Waals surface area contributed by atoms with E-state index >= 15 is 0 Å². The van der Waals surface area contributed by atoms with Crippen molar-refractivity contribution in [2.75, 3.05) is 26.8 Å². The van der Waals surface area contributed by atoms with E-state index in [4.69, 9.17) is 4.74 Å². The van der Waals surface area contributed by atoms with Crippen LogP contribution in [0.25, 0.3) is 0 Å². The highest BCUT2D eigenvalue weighted by Crippen LogP contribution is 2.46. The molecule has 3 fully saturated rings. The number of carbonyl (C=O) groups excluding carboxylic acids is 2. The first-order valence-corrected chi connectivity index (χ1v) is 8.46. The number of ether oxygens (including phenoxy) is 1. The minimum absolute atomic E-state index is 0.105. The Kier molecular flexibility index (Phi) is 5.48. The molecule has 5 nitrogen and oxygen atoms in total. The van der Waals surface area contributed by atoms with Crippen LogP contribution < -0.4 is 5.32 Å². The Balaban J connectivity index is 1.83. The van der Waals surface area contributed by atoms with Gasteiger partial charge in [-0.2, -0.15) is 0 Å². The van der Waals surface area contributed by atoms with Crippen molar-refractivity contribution in [2.24, 2.45) is 17.8 Å². The van der Waals surface area contributed by atoms with Crippen LogP contribution in [-0.2, 0) is 14.3 Å². The first-order valence-electron chi connectivity index (χ1n) is 8.46. The van der Waals surface area contributed by atoms with Crippen molar-refractivity contribution in [3.63, 3.8) is 0 Å². The number of methoxy groups -OCH3 is 1. The molecule has 2 unspecified atom stereocenters. The summed E-state index contributed by atoms with van der Waals surface area (Å²) in [6.07, 6.45) is 3.33. The van der Waals surface area contributed by atoms with Gasteiger partial charge in [-0.05, 0) is 44.9 Å². The average Bonchev–Trinajstić information content (AvgIpc) is 2.46. The maximum absolute atomic E-state index is 12.5. The first kappa shape index (κ1) is 17.3. The van der Waals surface area contributed by atoms with Crippen LogP contribution in [0.1, 0.15) is 46.5 Å². The van der Waals surface area contributed by atoms with E-state index in [1.54, 1.807) is 7.11 Å². The highest BCUT2D eigenvalue weighted by molar-refractivity contribution is 5.82. The fourth-order valence-corrected chi connectivity index (χ4v) is 3.55. The van der Waals surface area contributed by atoms with Crippen LogP contribution in [0.4, 0.5) is 0 Å². The van der Waals surface area contributed by atoms with E-state index in [0.717, 1.165) is 32.4 Å². The molecule has 2 aliphatic heterocycles. The number of nitrogens with zero attached hydrogens (tertiary/aromatic N) is 1. The topological polar surface area (TPSA) is 58.6 Å². The molecule has 2 atom stereocenters. The van der Waals surface area contributed by atoms with Crippen molar-refractivity contribution in [1.29, 1.82) is 0 Å². The largest absolute Gasteiger partial charge is 0.385 e. The lowest BCUT2D eigenvalue weighted by Crippen LogP contribution is -2.62. The number of hydrogen-bond acceptors (Lipinski definition) is 3. The van der Waals surface area contributed by atoms with Crippen LogP contribution in [0, 0.1) is 17.8 Å². The Morgan fingerprint density at radius 2 is 1.91 bits per heavy atom. The summed E-state index contributed by atoms with van der Waals surface area (Å²) in [5, 5.41) is 3.16. The molecule has 1 aliphatic carbocycles. The summed E-state index contributed by atoms with van der Waals surface area (Å²) >= 11 is 0. The van der Waals surface area contributed by atoms with Crippen LogP contribution in [0.3, 0.4) is 0 Å². The zero-order valence-electron chi connectivity index (χ0n) is 14.4. The second kappa shape index (κ2) is 6.99. The van der Waals surface area contributed by atoms with Gasteiger partial charge in [0.1, 0.15) is 0 Å². The van der Waals surface area contributed by atoms with Crippen LogP contribution in [0.2, 0.25) is 0 Å². The van der Waals surface area contributed by atoms with Gasteiger partial charge in [0.05, 0.1) is 0 Å². The van der Waals surface area contributed by atoms with Gasteiger partial charge in [0, 0.05) is 44.7 Å². The molecule has 1 saturated carbocycles. The Morgan fingerprint density at radius 3 is 2.45 bits per heavy atom. The molecule has 3 aliphatic rings. The van der Waals surface area contributed by atoms with Crippen molar-refractivity contribution >= 4 is 11.8 Å². The molecule has 2 saturated heterocycles. The Hall–Kier alpha value is -1.10. The van der Waals surface area contributed by atoms with Crippen molar-refractivity contribution < 1.29 is 14.3 Å². The SMILES string of the molecule is CCC(C)(C)NC(=O)C1C2CC1CN(C(=O)CCCOC)C2. The number of rotatable bonds is 7. The Morgan fingerprint density at radius 1 is 1.27 bits per heavy atom. The van der Waals surface area contributed by atoms with E-state index < -0.39 is 0 Å². The second-order valence-corrected chi connectivity index (χ2v) is 7.40. The molecular weight excluding hydrogens is 280 g/mol. The minimum atomic E-state index is -0.142. The lowest BCUT2D eigenvalue weighted by molar-refractivity contribution is -0.153. The third-order valence-electron chi connectivity index (χ3n) is 5.27. The summed E-state index contributed by atoms with van der Waals surface area (Å²) in [6, 6.07) is 0. The van der Waals surface area contributed by atoms with Gasteiger partial charge in [-0.1, -0.05) is 6.92 Å². The predicted molar refractivity (Wildman–Crippen MR) is 85.3 cm³/mol. The van der Waals surface area contributed by atoms with E-state index in [1.165, 1.54) is 0 Å². The molecular formula is C17H30N2O3. The molecule has 2 heterocycles. The maximum Gasteiger partial charge on any atom is 0.224 e. The van der Waals surface area contributed by atoms with Crippen LogP contribution in [0.5, 0.6) is 0 Å². The van der Waals surface area contributed by atoms with Crippen LogP contribution >= 0.6 is 0 Å². The molecule has 0 spiro atoms. The molecule has 126 valence electrons. The number of amides is 2. The van der Waals surface area contributed by atoms with Gasteiger partial charge in [0.2, 0.25) is 11.8 Å². The lowest BCUT2D eigenvalue weighted by Gasteiger charge is -2.53. The molecule has 2 amide bonds. The summed E-state index contributed by atoms with van der Waals surface area (Å²) in [5.41, 5.74) is -0.142. The highest BCUT2D eigenvalue weighted by Gasteiger charge is 2.51. The fourth-order valence-electron chi connectivity index (χ4n) is 3.55. The second-order valence-electron chi connectivity index (χ2n) is 7.40. The van der Waals surface area contributed by atoms with Gasteiger partial charge in [0.15, 0.2) is 0 Å². The van der Waals surface area contributed by atoms with E-state index in [9.17, 15) is 9.59 Å². The van der Waals surface area contributed by atoms with E-state index in [-0.39, 0.29) is 23.3 Å². The van der Waals surface area contributed by atoms with Crippen LogP contribution in [-0.4, -0.2) is 49.1 Å². The zero-order chi connectivity index (χ0) is 16.3. The number of nitrogens with one attached hydrogen (secondary N) is 1. The quantitative estimate of drug-likeness (QED) is 0.730. The first-order chi connectivity index (χ1) is 10.4. The fraction of sp³-hybridized carbons (Fsp3) is 0.882. The van der Waals surface area contributed by atoms with Gasteiger partial charge in [-0.3, -0.25) is 9.59 Å². The molecule has 0 aromatic carbocycles. The average molecular weight is 310 g/mol. The summed E-state index contributed by atoms with van der Waals surface area (Å²) < 4.78 is 4.99. The summed E-state index contributed by atoms with van der Waals surface area (Å²) in [4.78, 5) is 26.6. The monoisotopic (exact) mass is 310 g/mol. The third-order valence-corrected chi connectivity index (χ3v) is 5.27. The van der Waals surface area contributed by atoms with Gasteiger partial charge < -0.3 is 15.0 Å². The van der Waals surface area contributed by atoms with Crippen molar-refractivity contribution in [3.05, 3.63) is 0 Å². The smallest absolute Gasteiger partial charge is 0.224 e. The molecule has 22 heavy (non-hydrogen) atoms. The normalized spacial score (nSPS) is 27.3. The molecule has 0 aromatic heterocycles. The van der Waals surface area contributed by atoms with Crippen molar-refractivity contribution in [3.8, 4) is 0 Å². The third kappa shape index (κ3) is 3.80.